The molecule has 1 aliphatic heterocycles. The maximum Gasteiger partial charge on any atom is 0.168 e. The number of pyridine rings is 1. The lowest BCUT2D eigenvalue weighted by Gasteiger charge is -2.38. The zero-order valence-corrected chi connectivity index (χ0v) is 10.9. The lowest BCUT2D eigenvalue weighted by atomic mass is 10.2. The van der Waals surface area contributed by atoms with Crippen molar-refractivity contribution in [2.45, 2.75) is 13.0 Å². The molecule has 0 saturated carbocycles. The lowest BCUT2D eigenvalue weighted by molar-refractivity contribution is 0.232. The van der Waals surface area contributed by atoms with Crippen molar-refractivity contribution < 1.29 is 8.78 Å². The van der Waals surface area contributed by atoms with Crippen LogP contribution in [-0.4, -0.2) is 49.7 Å². The summed E-state index contributed by atoms with van der Waals surface area (Å²) in [6.45, 7) is 4.30. The van der Waals surface area contributed by atoms with Crippen LogP contribution < -0.4 is 10.2 Å². The molecular formula is C12H18F2N4. The highest BCUT2D eigenvalue weighted by Gasteiger charge is 2.24. The minimum absolute atomic E-state index is 0.0815. The van der Waals surface area contributed by atoms with Gasteiger partial charge in [-0.1, -0.05) is 0 Å². The van der Waals surface area contributed by atoms with Crippen LogP contribution in [0.3, 0.4) is 0 Å². The van der Waals surface area contributed by atoms with E-state index in [1.54, 1.807) is 7.05 Å². The summed E-state index contributed by atoms with van der Waals surface area (Å²) in [6.07, 6.45) is 0. The largest absolute Gasteiger partial charge is 0.371 e. The van der Waals surface area contributed by atoms with E-state index in [4.69, 9.17) is 0 Å². The van der Waals surface area contributed by atoms with Crippen molar-refractivity contribution in [2.24, 2.45) is 0 Å². The normalized spacial score (nSPS) is 21.2. The topological polar surface area (TPSA) is 31.4 Å². The number of halogens is 2. The summed E-state index contributed by atoms with van der Waals surface area (Å²) >= 11 is 0. The monoisotopic (exact) mass is 256 g/mol. The Morgan fingerprint density at radius 2 is 2.06 bits per heavy atom. The van der Waals surface area contributed by atoms with E-state index >= 15 is 0 Å². The van der Waals surface area contributed by atoms with Crippen molar-refractivity contribution >= 4 is 11.6 Å². The maximum atomic E-state index is 13.8. The SMILES string of the molecule is CNc1nc(N2CCN(C)C(C)C2)c(F)cc1F. The zero-order chi connectivity index (χ0) is 13.3. The summed E-state index contributed by atoms with van der Waals surface area (Å²) in [5.41, 5.74) is 0. The molecule has 1 fully saturated rings. The first kappa shape index (κ1) is 13.0. The van der Waals surface area contributed by atoms with Crippen LogP contribution in [0.5, 0.6) is 0 Å². The summed E-state index contributed by atoms with van der Waals surface area (Å²) in [7, 11) is 3.61. The Balaban J connectivity index is 2.28. The predicted octanol–water partition coefficient (Wildman–Crippen LogP) is 1.54. The van der Waals surface area contributed by atoms with Crippen molar-refractivity contribution in [3.63, 3.8) is 0 Å². The Bertz CT molecular complexity index is 438. The smallest absolute Gasteiger partial charge is 0.168 e. The molecular weight excluding hydrogens is 238 g/mol. The van der Waals surface area contributed by atoms with E-state index in [9.17, 15) is 8.78 Å². The van der Waals surface area contributed by atoms with Gasteiger partial charge >= 0.3 is 0 Å². The Hall–Kier alpha value is -1.43. The molecule has 0 spiro atoms. The van der Waals surface area contributed by atoms with Crippen LogP contribution in [0.1, 0.15) is 6.92 Å². The van der Waals surface area contributed by atoms with Crippen molar-refractivity contribution in [3.05, 3.63) is 17.7 Å². The van der Waals surface area contributed by atoms with Crippen molar-refractivity contribution in [3.8, 4) is 0 Å². The summed E-state index contributed by atoms with van der Waals surface area (Å²) in [4.78, 5) is 8.09. The maximum absolute atomic E-state index is 13.8. The van der Waals surface area contributed by atoms with Gasteiger partial charge in [0.05, 0.1) is 0 Å². The average molecular weight is 256 g/mol. The minimum atomic E-state index is -0.666. The molecule has 0 radical (unpaired) electrons. The number of hydrogen-bond donors (Lipinski definition) is 1. The first-order valence-electron chi connectivity index (χ1n) is 6.02. The summed E-state index contributed by atoms with van der Waals surface area (Å²) < 4.78 is 27.1. The van der Waals surface area contributed by atoms with E-state index in [2.05, 4.69) is 22.1 Å². The van der Waals surface area contributed by atoms with Crippen LogP contribution >= 0.6 is 0 Å². The van der Waals surface area contributed by atoms with Crippen molar-refractivity contribution in [1.29, 1.82) is 0 Å². The van der Waals surface area contributed by atoms with Crippen LogP contribution in [0.2, 0.25) is 0 Å². The number of hydrogen-bond acceptors (Lipinski definition) is 4. The van der Waals surface area contributed by atoms with Gasteiger partial charge in [0.2, 0.25) is 0 Å². The molecule has 1 atom stereocenters. The van der Waals surface area contributed by atoms with Crippen LogP contribution in [0, 0.1) is 11.6 Å². The molecule has 1 saturated heterocycles. The highest BCUT2D eigenvalue weighted by molar-refractivity contribution is 5.49. The molecule has 4 nitrogen and oxygen atoms in total. The molecule has 1 N–H and O–H groups in total. The summed E-state index contributed by atoms with van der Waals surface area (Å²) in [5.74, 6) is -0.970. The highest BCUT2D eigenvalue weighted by atomic mass is 19.1. The quantitative estimate of drug-likeness (QED) is 0.870. The van der Waals surface area contributed by atoms with Gasteiger partial charge in [-0.3, -0.25) is 0 Å². The molecule has 0 aromatic carbocycles. The molecule has 0 bridgehead atoms. The fraction of sp³-hybridized carbons (Fsp3) is 0.583. The van der Waals surface area contributed by atoms with Gasteiger partial charge in [0.25, 0.3) is 0 Å². The fourth-order valence-electron chi connectivity index (χ4n) is 2.09. The van der Waals surface area contributed by atoms with E-state index < -0.39 is 11.6 Å². The Morgan fingerprint density at radius 3 is 2.67 bits per heavy atom. The lowest BCUT2D eigenvalue weighted by Crippen LogP contribution is -2.50. The summed E-state index contributed by atoms with van der Waals surface area (Å²) in [5, 5.41) is 2.63. The van der Waals surface area contributed by atoms with E-state index in [-0.39, 0.29) is 11.6 Å². The summed E-state index contributed by atoms with van der Waals surface area (Å²) in [6, 6.07) is 1.21. The van der Waals surface area contributed by atoms with Crippen LogP contribution in [0.4, 0.5) is 20.4 Å². The van der Waals surface area contributed by atoms with Crippen molar-refractivity contribution in [1.82, 2.24) is 9.88 Å². The molecule has 2 heterocycles. The number of nitrogens with zero attached hydrogens (tertiary/aromatic N) is 3. The molecule has 100 valence electrons. The van der Waals surface area contributed by atoms with E-state index in [1.807, 2.05) is 11.9 Å². The van der Waals surface area contributed by atoms with Gasteiger partial charge in [-0.25, -0.2) is 13.8 Å². The molecule has 1 aliphatic rings. The van der Waals surface area contributed by atoms with Crippen LogP contribution in [0.15, 0.2) is 6.07 Å². The Labute approximate surface area is 106 Å². The third-order valence-electron chi connectivity index (χ3n) is 3.41. The van der Waals surface area contributed by atoms with Crippen molar-refractivity contribution in [2.75, 3.05) is 43.9 Å². The molecule has 1 aromatic rings. The van der Waals surface area contributed by atoms with Crippen LogP contribution in [0.25, 0.3) is 0 Å². The molecule has 0 amide bonds. The molecule has 18 heavy (non-hydrogen) atoms. The van der Waals surface area contributed by atoms with Gasteiger partial charge in [-0.05, 0) is 14.0 Å². The van der Waals surface area contributed by atoms with Gasteiger partial charge in [0.1, 0.15) is 0 Å². The standard InChI is InChI=1S/C12H18F2N4/c1-8-7-18(5-4-17(8)3)12-10(14)6-9(13)11(15-2)16-12/h6,8H,4-5,7H2,1-3H3,(H,15,16). The second-order valence-electron chi connectivity index (χ2n) is 4.65. The fourth-order valence-corrected chi connectivity index (χ4v) is 2.09. The van der Waals surface area contributed by atoms with Gasteiger partial charge in [-0.15, -0.1) is 0 Å². The zero-order valence-electron chi connectivity index (χ0n) is 10.9. The highest BCUT2D eigenvalue weighted by Crippen LogP contribution is 2.24. The molecule has 6 heteroatoms. The van der Waals surface area contributed by atoms with Gasteiger partial charge in [0, 0.05) is 38.8 Å². The van der Waals surface area contributed by atoms with Gasteiger partial charge < -0.3 is 15.1 Å². The van der Waals surface area contributed by atoms with Gasteiger partial charge in [-0.2, -0.15) is 0 Å². The second kappa shape index (κ2) is 5.06. The van der Waals surface area contributed by atoms with Gasteiger partial charge in [0.15, 0.2) is 23.3 Å². The Kier molecular flexibility index (Phi) is 3.65. The Morgan fingerprint density at radius 1 is 1.33 bits per heavy atom. The van der Waals surface area contributed by atoms with E-state index in [1.165, 1.54) is 0 Å². The van der Waals surface area contributed by atoms with Crippen LogP contribution in [-0.2, 0) is 0 Å². The molecule has 2 rings (SSSR count). The first-order valence-corrected chi connectivity index (χ1v) is 6.02. The predicted molar refractivity (Wildman–Crippen MR) is 68.0 cm³/mol. The molecule has 0 aliphatic carbocycles. The number of anilines is 2. The van der Waals surface area contributed by atoms with E-state index in [0.29, 0.717) is 19.1 Å². The number of rotatable bonds is 2. The number of likely N-dealkylation sites (N-methyl/N-ethyl adjacent to an activating group) is 1. The third kappa shape index (κ3) is 2.38. The first-order chi connectivity index (χ1) is 8.52. The molecule has 1 aromatic heterocycles. The molecule has 1 unspecified atom stereocenters. The number of nitrogens with one attached hydrogen (secondary N) is 1. The van der Waals surface area contributed by atoms with E-state index in [0.717, 1.165) is 12.6 Å². The number of piperazine rings is 1. The third-order valence-corrected chi connectivity index (χ3v) is 3.41. The minimum Gasteiger partial charge on any atom is -0.371 e. The number of aromatic nitrogens is 1. The average Bonchev–Trinajstić information content (AvgIpc) is 2.33. The second-order valence-corrected chi connectivity index (χ2v) is 4.65.